The minimum atomic E-state index is -1.16. The number of anilines is 1. The first-order chi connectivity index (χ1) is 10.1. The van der Waals surface area contributed by atoms with E-state index in [0.29, 0.717) is 12.2 Å². The van der Waals surface area contributed by atoms with Crippen molar-refractivity contribution in [3.8, 4) is 0 Å². The Kier molecular flexibility index (Phi) is 5.14. The molecule has 1 aliphatic rings. The van der Waals surface area contributed by atoms with E-state index in [1.54, 1.807) is 0 Å². The highest BCUT2D eigenvalue weighted by atomic mass is 16.6. The van der Waals surface area contributed by atoms with Crippen LogP contribution in [0.5, 0.6) is 0 Å². The van der Waals surface area contributed by atoms with Gasteiger partial charge in [0.05, 0.1) is 10.5 Å². The summed E-state index contributed by atoms with van der Waals surface area (Å²) >= 11 is 0. The van der Waals surface area contributed by atoms with Crippen molar-refractivity contribution in [3.05, 3.63) is 33.9 Å². The highest BCUT2D eigenvalue weighted by molar-refractivity contribution is 5.95. The van der Waals surface area contributed by atoms with Crippen LogP contribution < -0.4 is 5.32 Å². The second-order valence-corrected chi connectivity index (χ2v) is 5.51. The molecule has 0 aromatic heterocycles. The van der Waals surface area contributed by atoms with Gasteiger partial charge >= 0.3 is 5.97 Å². The molecule has 0 unspecified atom stereocenters. The van der Waals surface area contributed by atoms with Gasteiger partial charge in [-0.05, 0) is 24.8 Å². The predicted molar refractivity (Wildman–Crippen MR) is 79.7 cm³/mol. The highest BCUT2D eigenvalue weighted by Gasteiger charge is 2.17. The molecule has 0 atom stereocenters. The minimum absolute atomic E-state index is 0.0509. The first-order valence-electron chi connectivity index (χ1n) is 7.33. The van der Waals surface area contributed by atoms with Gasteiger partial charge in [0.2, 0.25) is 0 Å². The second-order valence-electron chi connectivity index (χ2n) is 5.51. The molecule has 0 bridgehead atoms. The summed E-state index contributed by atoms with van der Waals surface area (Å²) < 4.78 is 0. The number of hydrogen-bond acceptors (Lipinski definition) is 4. The molecule has 1 aromatic carbocycles. The van der Waals surface area contributed by atoms with Crippen molar-refractivity contribution in [1.82, 2.24) is 0 Å². The molecule has 2 N–H and O–H groups in total. The lowest BCUT2D eigenvalue weighted by molar-refractivity contribution is -0.384. The SMILES string of the molecule is O=C(O)c1cc([N+](=O)[O-])ccc1NCCCC1CCCC1. The van der Waals surface area contributed by atoms with Crippen molar-refractivity contribution in [1.29, 1.82) is 0 Å². The van der Waals surface area contributed by atoms with Crippen LogP contribution >= 0.6 is 0 Å². The largest absolute Gasteiger partial charge is 0.478 e. The molecule has 0 amide bonds. The Balaban J connectivity index is 1.92. The molecule has 0 heterocycles. The van der Waals surface area contributed by atoms with E-state index >= 15 is 0 Å². The average Bonchev–Trinajstić information content (AvgIpc) is 2.96. The Bertz CT molecular complexity index is 524. The Morgan fingerprint density at radius 2 is 2.10 bits per heavy atom. The standard InChI is InChI=1S/C15H20N2O4/c18-15(19)13-10-12(17(20)21)7-8-14(13)16-9-3-6-11-4-1-2-5-11/h7-8,10-11,16H,1-6,9H2,(H,18,19). The predicted octanol–water partition coefficient (Wildman–Crippen LogP) is 3.68. The number of carboxylic acids is 1. The maximum atomic E-state index is 11.2. The van der Waals surface area contributed by atoms with E-state index in [0.717, 1.165) is 24.8 Å². The molecule has 2 rings (SSSR count). The normalized spacial score (nSPS) is 15.0. The number of nitro groups is 1. The summed E-state index contributed by atoms with van der Waals surface area (Å²) in [4.78, 5) is 21.3. The maximum Gasteiger partial charge on any atom is 0.338 e. The van der Waals surface area contributed by atoms with Crippen molar-refractivity contribution >= 4 is 17.3 Å². The lowest BCUT2D eigenvalue weighted by atomic mass is 10.0. The van der Waals surface area contributed by atoms with Gasteiger partial charge in [-0.15, -0.1) is 0 Å². The number of non-ortho nitro benzene ring substituents is 1. The third-order valence-corrected chi connectivity index (χ3v) is 4.02. The maximum absolute atomic E-state index is 11.2. The van der Waals surface area contributed by atoms with Gasteiger partial charge < -0.3 is 10.4 Å². The summed E-state index contributed by atoms with van der Waals surface area (Å²) in [5, 5.41) is 22.9. The highest BCUT2D eigenvalue weighted by Crippen LogP contribution is 2.28. The molecule has 0 aliphatic heterocycles. The number of aromatic carboxylic acids is 1. The van der Waals surface area contributed by atoms with Gasteiger partial charge in [-0.2, -0.15) is 0 Å². The third-order valence-electron chi connectivity index (χ3n) is 4.02. The first kappa shape index (κ1) is 15.3. The zero-order valence-electron chi connectivity index (χ0n) is 11.9. The van der Waals surface area contributed by atoms with Gasteiger partial charge in [0.15, 0.2) is 0 Å². The molecular formula is C15H20N2O4. The summed E-state index contributed by atoms with van der Waals surface area (Å²) in [5.74, 6) is -0.348. The summed E-state index contributed by atoms with van der Waals surface area (Å²) in [6.07, 6.45) is 7.39. The van der Waals surface area contributed by atoms with E-state index < -0.39 is 10.9 Å². The van der Waals surface area contributed by atoms with Crippen molar-refractivity contribution in [2.24, 2.45) is 5.92 Å². The molecule has 1 aliphatic carbocycles. The fourth-order valence-corrected chi connectivity index (χ4v) is 2.89. The summed E-state index contributed by atoms with van der Waals surface area (Å²) in [7, 11) is 0. The van der Waals surface area contributed by atoms with Crippen LogP contribution in [-0.2, 0) is 0 Å². The topological polar surface area (TPSA) is 92.5 Å². The van der Waals surface area contributed by atoms with Crippen LogP contribution in [0, 0.1) is 16.0 Å². The molecule has 0 radical (unpaired) electrons. The zero-order chi connectivity index (χ0) is 15.2. The van der Waals surface area contributed by atoms with Crippen LogP contribution in [0.3, 0.4) is 0 Å². The summed E-state index contributed by atoms with van der Waals surface area (Å²) in [6, 6.07) is 3.89. The van der Waals surface area contributed by atoms with E-state index in [4.69, 9.17) is 5.11 Å². The molecule has 21 heavy (non-hydrogen) atoms. The Labute approximate surface area is 123 Å². The van der Waals surface area contributed by atoms with Gasteiger partial charge in [-0.25, -0.2) is 4.79 Å². The number of carbonyl (C=O) groups is 1. The Hall–Kier alpha value is -2.11. The fourth-order valence-electron chi connectivity index (χ4n) is 2.89. The van der Waals surface area contributed by atoms with Crippen molar-refractivity contribution in [3.63, 3.8) is 0 Å². The Morgan fingerprint density at radius 1 is 1.38 bits per heavy atom. The van der Waals surface area contributed by atoms with E-state index in [1.165, 1.54) is 37.8 Å². The van der Waals surface area contributed by atoms with Crippen molar-refractivity contribution < 1.29 is 14.8 Å². The third kappa shape index (κ3) is 4.18. The monoisotopic (exact) mass is 292 g/mol. The van der Waals surface area contributed by atoms with Crippen LogP contribution in [0.25, 0.3) is 0 Å². The smallest absolute Gasteiger partial charge is 0.338 e. The van der Waals surface area contributed by atoms with Crippen LogP contribution in [0.15, 0.2) is 18.2 Å². The van der Waals surface area contributed by atoms with E-state index in [-0.39, 0.29) is 11.3 Å². The molecule has 114 valence electrons. The van der Waals surface area contributed by atoms with Gasteiger partial charge in [-0.3, -0.25) is 10.1 Å². The van der Waals surface area contributed by atoms with Gasteiger partial charge in [0.1, 0.15) is 0 Å². The van der Waals surface area contributed by atoms with Crippen molar-refractivity contribution in [2.75, 3.05) is 11.9 Å². The zero-order valence-corrected chi connectivity index (χ0v) is 11.9. The fraction of sp³-hybridized carbons (Fsp3) is 0.533. The number of carboxylic acid groups (broad SMARTS) is 1. The lowest BCUT2D eigenvalue weighted by Crippen LogP contribution is -2.09. The number of nitro benzene ring substituents is 1. The summed E-state index contributed by atoms with van der Waals surface area (Å²) in [6.45, 7) is 0.689. The van der Waals surface area contributed by atoms with E-state index in [9.17, 15) is 14.9 Å². The first-order valence-corrected chi connectivity index (χ1v) is 7.33. The van der Waals surface area contributed by atoms with Crippen LogP contribution in [0.1, 0.15) is 48.9 Å². The molecule has 1 saturated carbocycles. The van der Waals surface area contributed by atoms with Crippen molar-refractivity contribution in [2.45, 2.75) is 38.5 Å². The molecule has 1 aromatic rings. The van der Waals surface area contributed by atoms with Gasteiger partial charge in [-0.1, -0.05) is 25.7 Å². The van der Waals surface area contributed by atoms with E-state index in [2.05, 4.69) is 5.32 Å². The van der Waals surface area contributed by atoms with Crippen LogP contribution in [0.4, 0.5) is 11.4 Å². The van der Waals surface area contributed by atoms with Crippen LogP contribution in [-0.4, -0.2) is 22.5 Å². The second kappa shape index (κ2) is 7.06. The summed E-state index contributed by atoms with van der Waals surface area (Å²) in [5.41, 5.74) is 0.188. The molecule has 6 heteroatoms. The molecule has 0 saturated heterocycles. The lowest BCUT2D eigenvalue weighted by Gasteiger charge is -2.11. The quantitative estimate of drug-likeness (QED) is 0.454. The molecule has 0 spiro atoms. The number of hydrogen-bond donors (Lipinski definition) is 2. The van der Waals surface area contributed by atoms with Gasteiger partial charge in [0.25, 0.3) is 5.69 Å². The van der Waals surface area contributed by atoms with Crippen LogP contribution in [0.2, 0.25) is 0 Å². The van der Waals surface area contributed by atoms with Gasteiger partial charge in [0, 0.05) is 24.4 Å². The molecule has 6 nitrogen and oxygen atoms in total. The minimum Gasteiger partial charge on any atom is -0.478 e. The molecular weight excluding hydrogens is 272 g/mol. The average molecular weight is 292 g/mol. The number of nitrogens with one attached hydrogen (secondary N) is 1. The number of benzene rings is 1. The number of nitrogens with zero attached hydrogens (tertiary/aromatic N) is 1. The molecule has 1 fully saturated rings. The van der Waals surface area contributed by atoms with E-state index in [1.807, 2.05) is 0 Å². The Morgan fingerprint density at radius 3 is 2.71 bits per heavy atom. The number of rotatable bonds is 7.